The van der Waals surface area contributed by atoms with E-state index >= 15 is 0 Å². The smallest absolute Gasteiger partial charge is 0.0408 e. The molecule has 0 fully saturated rings. The number of benzene rings is 1. The van der Waals surface area contributed by atoms with Crippen molar-refractivity contribution in [2.45, 2.75) is 31.6 Å². The van der Waals surface area contributed by atoms with Crippen molar-refractivity contribution in [1.29, 1.82) is 0 Å². The van der Waals surface area contributed by atoms with E-state index in [0.29, 0.717) is 11.3 Å². The van der Waals surface area contributed by atoms with Gasteiger partial charge in [0, 0.05) is 16.8 Å². The molecule has 0 saturated carbocycles. The Bertz CT molecular complexity index is 315. The molecular weight excluding hydrogens is 238 g/mol. The van der Waals surface area contributed by atoms with Crippen LogP contribution in [0.4, 0.5) is 0 Å². The summed E-state index contributed by atoms with van der Waals surface area (Å²) in [6.07, 6.45) is 1.04. The van der Waals surface area contributed by atoms with Gasteiger partial charge < -0.3 is 5.32 Å². The molecule has 90 valence electrons. The second-order valence-corrected chi connectivity index (χ2v) is 6.25. The molecule has 0 aliphatic carbocycles. The normalized spacial score (nSPS) is 13.1. The molecular formula is C13H20ClNS. The van der Waals surface area contributed by atoms with Gasteiger partial charge in [-0.15, -0.1) is 0 Å². The molecule has 0 radical (unpaired) electrons. The minimum absolute atomic E-state index is 0.519. The molecule has 0 aromatic heterocycles. The van der Waals surface area contributed by atoms with E-state index in [1.165, 1.54) is 5.56 Å². The van der Waals surface area contributed by atoms with Crippen molar-refractivity contribution >= 4 is 23.4 Å². The van der Waals surface area contributed by atoms with Gasteiger partial charge in [-0.25, -0.2) is 0 Å². The highest BCUT2D eigenvalue weighted by Crippen LogP contribution is 2.16. The van der Waals surface area contributed by atoms with Crippen LogP contribution in [0.5, 0.6) is 0 Å². The van der Waals surface area contributed by atoms with Crippen LogP contribution in [0.15, 0.2) is 24.3 Å². The van der Waals surface area contributed by atoms with E-state index in [0.717, 1.165) is 17.2 Å². The van der Waals surface area contributed by atoms with E-state index in [2.05, 4.69) is 25.2 Å². The SMILES string of the molecule is CNC(CSC(C)C)Cc1cccc(Cl)c1. The zero-order chi connectivity index (χ0) is 12.0. The first-order valence-corrected chi connectivity index (χ1v) is 7.07. The van der Waals surface area contributed by atoms with E-state index in [1.54, 1.807) is 0 Å². The summed E-state index contributed by atoms with van der Waals surface area (Å²) >= 11 is 7.97. The van der Waals surface area contributed by atoms with E-state index < -0.39 is 0 Å². The maximum absolute atomic E-state index is 5.97. The first-order valence-electron chi connectivity index (χ1n) is 5.65. The number of rotatable bonds is 6. The number of likely N-dealkylation sites (N-methyl/N-ethyl adjacent to an activating group) is 1. The Hall–Kier alpha value is -0.180. The predicted molar refractivity (Wildman–Crippen MR) is 75.6 cm³/mol. The van der Waals surface area contributed by atoms with Gasteiger partial charge in [0.25, 0.3) is 0 Å². The first kappa shape index (κ1) is 13.9. The Morgan fingerprint density at radius 1 is 1.38 bits per heavy atom. The van der Waals surface area contributed by atoms with Gasteiger partial charge in [0.15, 0.2) is 0 Å². The van der Waals surface area contributed by atoms with Crippen molar-refractivity contribution in [3.8, 4) is 0 Å². The molecule has 0 saturated heterocycles. The number of halogens is 1. The molecule has 1 N–H and O–H groups in total. The van der Waals surface area contributed by atoms with Crippen LogP contribution in [0.25, 0.3) is 0 Å². The van der Waals surface area contributed by atoms with E-state index in [4.69, 9.17) is 11.6 Å². The number of thioether (sulfide) groups is 1. The molecule has 1 aromatic carbocycles. The van der Waals surface area contributed by atoms with Crippen LogP contribution >= 0.6 is 23.4 Å². The van der Waals surface area contributed by atoms with Gasteiger partial charge in [-0.2, -0.15) is 11.8 Å². The van der Waals surface area contributed by atoms with Gasteiger partial charge in [-0.05, 0) is 36.4 Å². The molecule has 0 spiro atoms. The average molecular weight is 258 g/mol. The topological polar surface area (TPSA) is 12.0 Å². The van der Waals surface area contributed by atoms with Gasteiger partial charge in [-0.3, -0.25) is 0 Å². The lowest BCUT2D eigenvalue weighted by Gasteiger charge is -2.17. The number of hydrogen-bond donors (Lipinski definition) is 1. The molecule has 1 unspecified atom stereocenters. The summed E-state index contributed by atoms with van der Waals surface area (Å²) in [4.78, 5) is 0. The fourth-order valence-electron chi connectivity index (χ4n) is 1.50. The van der Waals surface area contributed by atoms with Crippen LogP contribution < -0.4 is 5.32 Å². The molecule has 3 heteroatoms. The summed E-state index contributed by atoms with van der Waals surface area (Å²) < 4.78 is 0. The van der Waals surface area contributed by atoms with Crippen molar-refractivity contribution < 1.29 is 0 Å². The Morgan fingerprint density at radius 2 is 2.12 bits per heavy atom. The Labute approximate surface area is 108 Å². The lowest BCUT2D eigenvalue weighted by atomic mass is 10.1. The second-order valence-electron chi connectivity index (χ2n) is 4.20. The molecule has 0 heterocycles. The molecule has 16 heavy (non-hydrogen) atoms. The van der Waals surface area contributed by atoms with Crippen LogP contribution in [0.1, 0.15) is 19.4 Å². The zero-order valence-electron chi connectivity index (χ0n) is 10.2. The average Bonchev–Trinajstić information content (AvgIpc) is 2.24. The Balaban J connectivity index is 2.49. The first-order chi connectivity index (χ1) is 7.61. The van der Waals surface area contributed by atoms with Crippen molar-refractivity contribution in [3.63, 3.8) is 0 Å². The second kappa shape index (κ2) is 7.21. The Kier molecular flexibility index (Phi) is 6.25. The maximum atomic E-state index is 5.97. The summed E-state index contributed by atoms with van der Waals surface area (Å²) in [5.41, 5.74) is 1.30. The van der Waals surface area contributed by atoms with Crippen molar-refractivity contribution in [2.75, 3.05) is 12.8 Å². The summed E-state index contributed by atoms with van der Waals surface area (Å²) in [7, 11) is 2.02. The third-order valence-corrected chi connectivity index (χ3v) is 3.91. The van der Waals surface area contributed by atoms with Crippen LogP contribution in [-0.4, -0.2) is 24.1 Å². The molecule has 0 bridgehead atoms. The summed E-state index contributed by atoms with van der Waals surface area (Å²) in [5, 5.41) is 4.87. The monoisotopic (exact) mass is 257 g/mol. The maximum Gasteiger partial charge on any atom is 0.0408 e. The van der Waals surface area contributed by atoms with Crippen LogP contribution in [-0.2, 0) is 6.42 Å². The third kappa shape index (κ3) is 5.24. The Morgan fingerprint density at radius 3 is 2.69 bits per heavy atom. The molecule has 0 aliphatic heterocycles. The van der Waals surface area contributed by atoms with Crippen molar-refractivity contribution in [1.82, 2.24) is 5.32 Å². The molecule has 0 aliphatic rings. The van der Waals surface area contributed by atoms with Gasteiger partial charge in [0.2, 0.25) is 0 Å². The highest BCUT2D eigenvalue weighted by Gasteiger charge is 2.08. The predicted octanol–water partition coefficient (Wildman–Crippen LogP) is 3.61. The van der Waals surface area contributed by atoms with Crippen molar-refractivity contribution in [2.24, 2.45) is 0 Å². The van der Waals surface area contributed by atoms with E-state index in [9.17, 15) is 0 Å². The summed E-state index contributed by atoms with van der Waals surface area (Å²) in [6, 6.07) is 8.63. The zero-order valence-corrected chi connectivity index (χ0v) is 11.7. The molecule has 0 amide bonds. The lowest BCUT2D eigenvalue weighted by Crippen LogP contribution is -2.30. The van der Waals surface area contributed by atoms with Crippen LogP contribution in [0.3, 0.4) is 0 Å². The highest BCUT2D eigenvalue weighted by atomic mass is 35.5. The fraction of sp³-hybridized carbons (Fsp3) is 0.538. The number of hydrogen-bond acceptors (Lipinski definition) is 2. The highest BCUT2D eigenvalue weighted by molar-refractivity contribution is 7.99. The van der Waals surface area contributed by atoms with Crippen LogP contribution in [0.2, 0.25) is 5.02 Å². The standard InChI is InChI=1S/C13H20ClNS/c1-10(2)16-9-13(15-3)8-11-5-4-6-12(14)7-11/h4-7,10,13,15H,8-9H2,1-3H3. The van der Waals surface area contributed by atoms with Crippen LogP contribution in [0, 0.1) is 0 Å². The van der Waals surface area contributed by atoms with E-state index in [1.807, 2.05) is 37.0 Å². The minimum Gasteiger partial charge on any atom is -0.316 e. The number of nitrogens with one attached hydrogen (secondary N) is 1. The van der Waals surface area contributed by atoms with Gasteiger partial charge in [-0.1, -0.05) is 37.6 Å². The molecule has 1 aromatic rings. The van der Waals surface area contributed by atoms with Crippen molar-refractivity contribution in [3.05, 3.63) is 34.9 Å². The fourth-order valence-corrected chi connectivity index (χ4v) is 2.62. The minimum atomic E-state index is 0.519. The summed E-state index contributed by atoms with van der Waals surface area (Å²) in [6.45, 7) is 4.47. The summed E-state index contributed by atoms with van der Waals surface area (Å²) in [5.74, 6) is 1.14. The lowest BCUT2D eigenvalue weighted by molar-refractivity contribution is 0.616. The molecule has 1 nitrogen and oxygen atoms in total. The molecule has 1 rings (SSSR count). The quantitative estimate of drug-likeness (QED) is 0.836. The van der Waals surface area contributed by atoms with E-state index in [-0.39, 0.29) is 0 Å². The largest absolute Gasteiger partial charge is 0.316 e. The molecule has 1 atom stereocenters. The third-order valence-electron chi connectivity index (χ3n) is 2.41. The van der Waals surface area contributed by atoms with Gasteiger partial charge in [0.05, 0.1) is 0 Å². The van der Waals surface area contributed by atoms with Gasteiger partial charge in [0.1, 0.15) is 0 Å². The van der Waals surface area contributed by atoms with Gasteiger partial charge >= 0.3 is 0 Å².